The van der Waals surface area contributed by atoms with Crippen LogP contribution in [-0.2, 0) is 135 Å². The summed E-state index contributed by atoms with van der Waals surface area (Å²) in [6.07, 6.45) is 3.09. The Morgan fingerprint density at radius 1 is 0.327 bits per heavy atom. The molecule has 0 N–H and O–H groups in total. The third-order valence-electron chi connectivity index (χ3n) is 15.4. The first-order valence-corrected chi connectivity index (χ1v) is 79.1. The van der Waals surface area contributed by atoms with Gasteiger partial charge in [0.15, 0.2) is 34.0 Å². The van der Waals surface area contributed by atoms with Crippen molar-refractivity contribution in [3.8, 4) is 0 Å². The number of epoxide rings is 3. The standard InChI is InChI=1S/C22H58O10Si7.C21H46O11Si4.C9H24O5Si3.C7H22O5Si3/c1-23-39(24-2,25-3)19-18-38(14,30-35(8,9)10)32-36(11,12)31-37(13,29-33(4)28-34(5,6)7)17-15-16-26-20-22-21-27-22;1-9-34(8,32-36(24-4,25-5)15-11-13-27-17-21-19-29-21)30-33(6,7)31-35(22-2,23-3)14-10-12-26-16-20-18-28-20;1-9-15(5,6)13-16(7,8)14-17(10-2,11-3)12-4;1-8-15(9-2,10-3)12-14(6,7)11-13(4)5/h22,33H,15-21H2,1-14H3;9,20-21H,1,10-19H2,2-8H3;9H,1H2,2-8H3;13H,1-7H3. The number of ether oxygens (including phenoxy) is 6. The summed E-state index contributed by atoms with van der Waals surface area (Å²) in [4.78, 5) is 0. The van der Waals surface area contributed by atoms with Gasteiger partial charge in [-0.25, -0.2) is 0 Å². The molecule has 3 heterocycles. The van der Waals surface area contributed by atoms with Crippen LogP contribution >= 0.6 is 0 Å². The van der Waals surface area contributed by atoms with E-state index in [2.05, 4.69) is 111 Å². The van der Waals surface area contributed by atoms with Gasteiger partial charge in [-0.2, -0.15) is 0 Å². The molecule has 3 aliphatic heterocycles. The third kappa shape index (κ3) is 47.9. The minimum Gasteiger partial charge on any atom is -0.439 e. The van der Waals surface area contributed by atoms with Crippen LogP contribution in [0.5, 0.6) is 0 Å². The minimum absolute atomic E-state index is 0.241. The summed E-state index contributed by atoms with van der Waals surface area (Å²) in [5, 5.41) is 0. The van der Waals surface area contributed by atoms with Crippen LogP contribution in [0.2, 0.25) is 174 Å². The molecule has 0 aromatic carbocycles. The van der Waals surface area contributed by atoms with Crippen molar-refractivity contribution in [1.82, 2.24) is 0 Å². The summed E-state index contributed by atoms with van der Waals surface area (Å²) in [5.41, 5.74) is 3.61. The van der Waals surface area contributed by atoms with Gasteiger partial charge in [-0.15, -0.1) is 13.2 Å². The lowest BCUT2D eigenvalue weighted by atomic mass is 10.5. The Morgan fingerprint density at radius 3 is 1.00 bits per heavy atom. The molecular formula is C59H150O31Si17. The monoisotopic (exact) mass is 1830 g/mol. The van der Waals surface area contributed by atoms with E-state index in [1.807, 2.05) is 51.5 Å². The van der Waals surface area contributed by atoms with Crippen molar-refractivity contribution in [2.45, 2.75) is 212 Å². The first-order chi connectivity index (χ1) is 49.2. The van der Waals surface area contributed by atoms with Gasteiger partial charge in [0.05, 0.1) is 39.6 Å². The van der Waals surface area contributed by atoms with Crippen LogP contribution in [0.15, 0.2) is 24.6 Å². The molecule has 0 aromatic rings. The van der Waals surface area contributed by atoms with E-state index in [0.29, 0.717) is 63.8 Å². The maximum absolute atomic E-state index is 6.99. The second kappa shape index (κ2) is 50.1. The van der Waals surface area contributed by atoms with Crippen LogP contribution in [0.25, 0.3) is 0 Å². The first-order valence-electron chi connectivity index (χ1n) is 36.6. The van der Waals surface area contributed by atoms with Gasteiger partial charge in [-0.3, -0.25) is 0 Å². The quantitative estimate of drug-likeness (QED) is 0.0310. The zero-order valence-electron chi connectivity index (χ0n) is 72.6. The van der Waals surface area contributed by atoms with Gasteiger partial charge >= 0.3 is 104 Å². The fraction of sp³-hybridized carbons (Fsp3) is 0.932. The second-order valence-corrected chi connectivity index (χ2v) is 88.2. The van der Waals surface area contributed by atoms with Crippen LogP contribution in [0.3, 0.4) is 0 Å². The highest BCUT2D eigenvalue weighted by Gasteiger charge is 2.55. The molecule has 3 rings (SSSR count). The Morgan fingerprint density at radius 2 is 0.673 bits per heavy atom. The molecule has 0 amide bonds. The molecule has 3 fully saturated rings. The normalized spacial score (nSPS) is 19.1. The Balaban J connectivity index is 0.00000151. The van der Waals surface area contributed by atoms with Crippen molar-refractivity contribution in [2.75, 3.05) is 152 Å². The van der Waals surface area contributed by atoms with E-state index < -0.39 is 148 Å². The molecule has 0 aromatic heterocycles. The molecule has 3 aliphatic rings. The highest BCUT2D eigenvalue weighted by molar-refractivity contribution is 6.91. The zero-order chi connectivity index (χ0) is 82.7. The van der Waals surface area contributed by atoms with E-state index in [4.69, 9.17) is 135 Å². The third-order valence-corrected chi connectivity index (χ3v) is 73.0. The van der Waals surface area contributed by atoms with E-state index in [9.17, 15) is 0 Å². The molecule has 48 heteroatoms. The smallest absolute Gasteiger partial charge is 0.439 e. The van der Waals surface area contributed by atoms with Crippen molar-refractivity contribution in [3.05, 3.63) is 24.6 Å². The summed E-state index contributed by atoms with van der Waals surface area (Å²) in [6, 6.07) is 3.33. The molecule has 0 radical (unpaired) electrons. The Bertz CT molecular complexity index is 2360. The Hall–Kier alpha value is 1.93. The predicted octanol–water partition coefficient (Wildman–Crippen LogP) is 10.8. The first kappa shape index (κ1) is 109. The molecule has 640 valence electrons. The number of rotatable bonds is 60. The Labute approximate surface area is 666 Å². The van der Waals surface area contributed by atoms with E-state index in [0.717, 1.165) is 45.1 Å². The second-order valence-electron chi connectivity index (χ2n) is 30.6. The lowest BCUT2D eigenvalue weighted by Crippen LogP contribution is -2.61. The molecule has 7 unspecified atom stereocenters. The summed E-state index contributed by atoms with van der Waals surface area (Å²) >= 11 is 0. The summed E-state index contributed by atoms with van der Waals surface area (Å²) in [6.45, 7) is 59.7. The molecular weight excluding hydrogens is 1680 g/mol. The van der Waals surface area contributed by atoms with Crippen molar-refractivity contribution in [2.24, 2.45) is 0 Å². The Kier molecular flexibility index (Phi) is 51.0. The average Bonchev–Trinajstić information content (AvgIpc) is 1.65. The maximum Gasteiger partial charge on any atom is 0.669 e. The summed E-state index contributed by atoms with van der Waals surface area (Å²) < 4.78 is 182. The molecule has 0 aliphatic carbocycles. The lowest BCUT2D eigenvalue weighted by Gasteiger charge is -2.43. The van der Waals surface area contributed by atoms with Crippen molar-refractivity contribution in [3.63, 3.8) is 0 Å². The number of hydrogen-bond donors (Lipinski definition) is 0. The van der Waals surface area contributed by atoms with Crippen LogP contribution in [0.4, 0.5) is 0 Å². The topological polar surface area (TPSA) is 296 Å². The zero-order valence-corrected chi connectivity index (χ0v) is 89.9. The van der Waals surface area contributed by atoms with Crippen LogP contribution in [0.1, 0.15) is 19.3 Å². The fourth-order valence-electron chi connectivity index (χ4n) is 11.0. The van der Waals surface area contributed by atoms with Crippen molar-refractivity contribution < 1.29 is 135 Å². The number of hydrogen-bond acceptors (Lipinski definition) is 31. The predicted molar refractivity (Wildman–Crippen MR) is 454 cm³/mol. The maximum atomic E-state index is 6.99. The molecule has 107 heavy (non-hydrogen) atoms. The largest absolute Gasteiger partial charge is 0.669 e. The van der Waals surface area contributed by atoms with Gasteiger partial charge in [-0.05, 0) is 175 Å². The van der Waals surface area contributed by atoms with E-state index in [1.54, 1.807) is 55.5 Å². The fourth-order valence-corrected chi connectivity index (χ4v) is 74.7. The van der Waals surface area contributed by atoms with Crippen LogP contribution in [0, 0.1) is 0 Å². The van der Waals surface area contributed by atoms with Crippen LogP contribution in [-0.4, -0.2) is 318 Å². The van der Waals surface area contributed by atoms with Gasteiger partial charge in [0, 0.05) is 130 Å². The SMILES string of the molecule is C=C[Si](C)(C)O[Si](C)(C)O[Si](OC)(OC)OC.C=C[Si](C)(O[Si](C)(C)O[Si](CCCOCC1CO1)(OC)OC)O[Si](CCCOCC1CO1)(OC)OC.CO[Si](CC[Si](C)(O[Si](C)(C)C)O[Si](C)(C)O[Si](C)(CCCOCC1CO1)O[SiH](C)O[Si](C)(C)C)(OC)OC.CO[Si](OC)(OC)O[Si](C)(C)O[SiH](C)C. The molecule has 31 nitrogen and oxygen atoms in total. The van der Waals surface area contributed by atoms with Gasteiger partial charge in [0.2, 0.25) is 0 Å². The van der Waals surface area contributed by atoms with Crippen molar-refractivity contribution in [1.29, 1.82) is 0 Å². The molecule has 0 bridgehead atoms. The molecule has 0 spiro atoms. The van der Waals surface area contributed by atoms with Gasteiger partial charge in [0.25, 0.3) is 9.28 Å². The molecule has 3 saturated heterocycles. The summed E-state index contributed by atoms with van der Waals surface area (Å²) in [5.74, 6) is 0. The van der Waals surface area contributed by atoms with E-state index in [1.165, 1.54) is 42.7 Å². The van der Waals surface area contributed by atoms with Gasteiger partial charge in [-0.1, -0.05) is 11.4 Å². The molecule has 7 atom stereocenters. The van der Waals surface area contributed by atoms with E-state index >= 15 is 0 Å². The van der Waals surface area contributed by atoms with Gasteiger partial charge < -0.3 is 135 Å². The lowest BCUT2D eigenvalue weighted by molar-refractivity contribution is 0.0403. The highest BCUT2D eigenvalue weighted by atomic mass is 28.5. The average molecular weight is 1830 g/mol. The van der Waals surface area contributed by atoms with Crippen molar-refractivity contribution >= 4 is 148 Å². The van der Waals surface area contributed by atoms with E-state index in [-0.39, 0.29) is 18.3 Å². The summed E-state index contributed by atoms with van der Waals surface area (Å²) in [7, 11) is -21.3. The highest BCUT2D eigenvalue weighted by Crippen LogP contribution is 2.35. The van der Waals surface area contributed by atoms with Crippen LogP contribution < -0.4 is 0 Å². The molecule has 0 saturated carbocycles. The minimum atomic E-state index is -3.04. The van der Waals surface area contributed by atoms with Gasteiger partial charge in [0.1, 0.15) is 18.3 Å².